The summed E-state index contributed by atoms with van der Waals surface area (Å²) >= 11 is 3.33. The van der Waals surface area contributed by atoms with E-state index in [1.54, 1.807) is 54.2 Å². The number of benzene rings is 3. The zero-order valence-electron chi connectivity index (χ0n) is 23.6. The number of amides is 2. The van der Waals surface area contributed by atoms with Gasteiger partial charge in [0.05, 0.1) is 34.9 Å². The number of fused-ring (bicyclic) bond motifs is 6. The molecule has 0 bridgehead atoms. The Hall–Kier alpha value is -4.84. The van der Waals surface area contributed by atoms with Crippen LogP contribution >= 0.6 is 15.9 Å². The summed E-state index contributed by atoms with van der Waals surface area (Å²) in [6.07, 6.45) is 1.98. The average molecular weight is 647 g/mol. The number of hydrogen-bond acceptors (Lipinski definition) is 8. The maximum atomic E-state index is 13.7. The molecule has 1 N–H and O–H groups in total. The highest BCUT2D eigenvalue weighted by Gasteiger charge is 2.23. The summed E-state index contributed by atoms with van der Waals surface area (Å²) in [6.45, 7) is 0.122. The molecule has 0 fully saturated rings. The van der Waals surface area contributed by atoms with Gasteiger partial charge in [0.2, 0.25) is 12.7 Å². The van der Waals surface area contributed by atoms with Crippen LogP contribution in [0.5, 0.6) is 23.0 Å². The Morgan fingerprint density at radius 3 is 2.56 bits per heavy atom. The zero-order valence-corrected chi connectivity index (χ0v) is 25.2. The van der Waals surface area contributed by atoms with E-state index in [-0.39, 0.29) is 29.8 Å². The number of nitrogens with one attached hydrogen (secondary N) is 1. The molecule has 2 amide bonds. The number of methoxy groups -OCH3 is 1. The second kappa shape index (κ2) is 11.4. The smallest absolute Gasteiger partial charge is 0.419 e. The number of halogens is 1. The third-order valence-electron chi connectivity index (χ3n) is 7.35. The molecule has 6 rings (SSSR count). The van der Waals surface area contributed by atoms with E-state index >= 15 is 0 Å². The first kappa shape index (κ1) is 28.3. The summed E-state index contributed by atoms with van der Waals surface area (Å²) in [5, 5.41) is 5.91. The van der Waals surface area contributed by atoms with Gasteiger partial charge in [-0.15, -0.1) is 0 Å². The minimum Gasteiger partial charge on any atom is -0.493 e. The maximum Gasteiger partial charge on any atom is 0.419 e. The van der Waals surface area contributed by atoms with Gasteiger partial charge in [-0.2, -0.15) is 0 Å². The summed E-state index contributed by atoms with van der Waals surface area (Å²) < 4.78 is 24.0. The van der Waals surface area contributed by atoms with Gasteiger partial charge < -0.3 is 28.8 Å². The molecule has 3 aromatic carbocycles. The minimum atomic E-state index is -0.735. The lowest BCUT2D eigenvalue weighted by atomic mass is 10.0. The molecule has 5 aromatic rings. The number of carbonyl (C=O) groups is 2. The van der Waals surface area contributed by atoms with E-state index in [0.29, 0.717) is 68.2 Å². The summed E-state index contributed by atoms with van der Waals surface area (Å²) in [6, 6.07) is 13.7. The summed E-state index contributed by atoms with van der Waals surface area (Å²) in [4.78, 5) is 45.3. The predicted octanol–water partition coefficient (Wildman–Crippen LogP) is 5.73. The van der Waals surface area contributed by atoms with E-state index in [1.165, 1.54) is 25.1 Å². The largest absolute Gasteiger partial charge is 0.493 e. The van der Waals surface area contributed by atoms with E-state index in [4.69, 9.17) is 18.9 Å². The minimum absolute atomic E-state index is 0.0688. The van der Waals surface area contributed by atoms with Crippen LogP contribution in [0.15, 0.2) is 59.5 Å². The van der Waals surface area contributed by atoms with Gasteiger partial charge in [0.1, 0.15) is 0 Å². The summed E-state index contributed by atoms with van der Waals surface area (Å²) in [7, 11) is 4.67. The molecular weight excluding hydrogens is 620 g/mol. The van der Waals surface area contributed by atoms with Crippen molar-refractivity contribution >= 4 is 71.9 Å². The normalized spacial score (nSPS) is 12.1. The molecule has 3 heterocycles. The molecule has 220 valence electrons. The van der Waals surface area contributed by atoms with E-state index in [0.717, 1.165) is 5.39 Å². The fourth-order valence-electron chi connectivity index (χ4n) is 5.18. The Morgan fingerprint density at radius 2 is 1.79 bits per heavy atom. The SMILES string of the molecule is COc1cc2c(cc1OC(=O)N(C)c1ccccc1NC(=O)CCCBr)c(=O)n(C)c1c3cc4c(cc3ncc21)OCO4. The average Bonchev–Trinajstić information content (AvgIpc) is 3.48. The van der Waals surface area contributed by atoms with Crippen LogP contribution in [0.25, 0.3) is 32.6 Å². The van der Waals surface area contributed by atoms with E-state index in [2.05, 4.69) is 26.2 Å². The summed E-state index contributed by atoms with van der Waals surface area (Å²) in [5.41, 5.74) is 1.95. The maximum absolute atomic E-state index is 13.7. The number of aryl methyl sites for hydroxylation is 1. The lowest BCUT2D eigenvalue weighted by molar-refractivity contribution is -0.116. The Bertz CT molecular complexity index is 1990. The Labute approximate surface area is 254 Å². The van der Waals surface area contributed by atoms with Gasteiger partial charge in [0.15, 0.2) is 23.0 Å². The molecule has 1 aliphatic rings. The molecule has 0 saturated carbocycles. The molecule has 0 unspecified atom stereocenters. The van der Waals surface area contributed by atoms with Gasteiger partial charge in [-0.25, -0.2) is 4.79 Å². The predicted molar refractivity (Wildman–Crippen MR) is 167 cm³/mol. The molecule has 1 aliphatic heterocycles. The lowest BCUT2D eigenvalue weighted by Crippen LogP contribution is -2.30. The lowest BCUT2D eigenvalue weighted by Gasteiger charge is -2.21. The molecule has 0 saturated heterocycles. The molecule has 0 spiro atoms. The number of anilines is 2. The van der Waals surface area contributed by atoms with E-state index in [9.17, 15) is 14.4 Å². The van der Waals surface area contributed by atoms with Gasteiger partial charge in [0, 0.05) is 54.3 Å². The molecule has 12 heteroatoms. The van der Waals surface area contributed by atoms with E-state index in [1.807, 2.05) is 6.07 Å². The third-order valence-corrected chi connectivity index (χ3v) is 7.91. The number of rotatable bonds is 7. The first-order valence-electron chi connectivity index (χ1n) is 13.4. The van der Waals surface area contributed by atoms with E-state index < -0.39 is 6.09 Å². The Balaban J connectivity index is 1.39. The number of para-hydroxylation sites is 2. The molecule has 0 aliphatic carbocycles. The van der Waals surface area contributed by atoms with Crippen LogP contribution in [0.2, 0.25) is 0 Å². The number of alkyl halides is 1. The Kier molecular flexibility index (Phi) is 7.53. The Morgan fingerprint density at radius 1 is 1.05 bits per heavy atom. The van der Waals surface area contributed by atoms with Crippen LogP contribution in [0, 0.1) is 0 Å². The van der Waals surface area contributed by atoms with Crippen LogP contribution in [0.1, 0.15) is 12.8 Å². The topological polar surface area (TPSA) is 121 Å². The fraction of sp³-hybridized carbons (Fsp3) is 0.226. The van der Waals surface area contributed by atoms with Gasteiger partial charge in [-0.05, 0) is 36.8 Å². The molecule has 43 heavy (non-hydrogen) atoms. The zero-order chi connectivity index (χ0) is 30.2. The number of carbonyl (C=O) groups excluding carboxylic acids is 2. The highest BCUT2D eigenvalue weighted by molar-refractivity contribution is 9.09. The van der Waals surface area contributed by atoms with Gasteiger partial charge in [-0.3, -0.25) is 19.5 Å². The van der Waals surface area contributed by atoms with Crippen LogP contribution in [0.3, 0.4) is 0 Å². The standard InChI is InChI=1S/C31H27BrN4O7/c1-35(23-8-5-4-7-21(23)34-28(37)9-6-10-32)31(39)43-27-12-18-17(11-24(27)40-3)20-15-33-22-14-26-25(41-16-42-26)13-19(22)29(20)36(2)30(18)38/h4-5,7-8,11-15H,6,9-10,16H2,1-3H3,(H,34,37). The molecule has 11 nitrogen and oxygen atoms in total. The van der Waals surface area contributed by atoms with Crippen molar-refractivity contribution in [1.82, 2.24) is 9.55 Å². The van der Waals surface area contributed by atoms with Gasteiger partial charge in [0.25, 0.3) is 5.56 Å². The number of pyridine rings is 2. The highest BCUT2D eigenvalue weighted by atomic mass is 79.9. The number of nitrogens with zero attached hydrogens (tertiary/aromatic N) is 3. The van der Waals surface area contributed by atoms with Gasteiger partial charge in [-0.1, -0.05) is 28.1 Å². The molecule has 0 atom stereocenters. The molecule has 0 radical (unpaired) electrons. The van der Waals surface area contributed by atoms with Crippen molar-refractivity contribution in [2.24, 2.45) is 7.05 Å². The van der Waals surface area contributed by atoms with Crippen molar-refractivity contribution in [3.63, 3.8) is 0 Å². The number of aromatic nitrogens is 2. The first-order valence-corrected chi connectivity index (χ1v) is 14.6. The monoisotopic (exact) mass is 646 g/mol. The van der Waals surface area contributed by atoms with Crippen molar-refractivity contribution in [2.75, 3.05) is 36.5 Å². The second-order valence-corrected chi connectivity index (χ2v) is 10.7. The van der Waals surface area contributed by atoms with Crippen molar-refractivity contribution in [3.8, 4) is 23.0 Å². The first-order chi connectivity index (χ1) is 20.8. The molecule has 2 aromatic heterocycles. The quantitative estimate of drug-likeness (QED) is 0.176. The van der Waals surface area contributed by atoms with Crippen molar-refractivity contribution in [3.05, 3.63) is 65.1 Å². The summed E-state index contributed by atoms with van der Waals surface area (Å²) in [5.74, 6) is 1.34. The van der Waals surface area contributed by atoms with Crippen LogP contribution in [-0.4, -0.2) is 47.8 Å². The number of hydrogen-bond donors (Lipinski definition) is 1. The number of ether oxygens (including phenoxy) is 4. The van der Waals surface area contributed by atoms with Crippen LogP contribution in [0.4, 0.5) is 16.2 Å². The van der Waals surface area contributed by atoms with Crippen molar-refractivity contribution < 1.29 is 28.5 Å². The van der Waals surface area contributed by atoms with Gasteiger partial charge >= 0.3 is 6.09 Å². The third kappa shape index (κ3) is 5.07. The van der Waals surface area contributed by atoms with Crippen molar-refractivity contribution in [2.45, 2.75) is 12.8 Å². The second-order valence-electron chi connectivity index (χ2n) is 9.94. The van der Waals surface area contributed by atoms with Crippen LogP contribution < -0.4 is 34.7 Å². The van der Waals surface area contributed by atoms with Crippen molar-refractivity contribution in [1.29, 1.82) is 0 Å². The molecular formula is C31H27BrN4O7. The highest BCUT2D eigenvalue weighted by Crippen LogP contribution is 2.40. The fourth-order valence-corrected chi connectivity index (χ4v) is 5.46. The van der Waals surface area contributed by atoms with Crippen LogP contribution in [-0.2, 0) is 11.8 Å².